The number of carbonyl (C=O) groups excluding carboxylic acids is 1. The second kappa shape index (κ2) is 6.08. The molecule has 1 fully saturated rings. The summed E-state index contributed by atoms with van der Waals surface area (Å²) < 4.78 is 0. The van der Waals surface area contributed by atoms with Crippen molar-refractivity contribution in [1.82, 2.24) is 9.88 Å². The largest absolute Gasteiger partial charge is 0.378 e. The van der Waals surface area contributed by atoms with E-state index in [1.54, 1.807) is 11.3 Å². The maximum atomic E-state index is 12.4. The van der Waals surface area contributed by atoms with Gasteiger partial charge < -0.3 is 9.80 Å². The summed E-state index contributed by atoms with van der Waals surface area (Å²) in [7, 11) is 4.08. The lowest BCUT2D eigenvalue weighted by Gasteiger charge is -2.18. The predicted octanol–water partition coefficient (Wildman–Crippen LogP) is 3.15. The van der Waals surface area contributed by atoms with Gasteiger partial charge in [0.25, 0.3) is 5.91 Å². The first-order valence-electron chi connectivity index (χ1n) is 7.52. The summed E-state index contributed by atoms with van der Waals surface area (Å²) in [6.45, 7) is 3.60. The highest BCUT2D eigenvalue weighted by molar-refractivity contribution is 7.08. The molecule has 1 aliphatic rings. The van der Waals surface area contributed by atoms with E-state index in [9.17, 15) is 4.79 Å². The first-order chi connectivity index (χ1) is 10.5. The Labute approximate surface area is 135 Å². The molecule has 1 aliphatic heterocycles. The normalized spacial score (nSPS) is 17.8. The van der Waals surface area contributed by atoms with Gasteiger partial charge in [-0.05, 0) is 36.9 Å². The number of aryl methyl sites for hydroxylation is 1. The Balaban J connectivity index is 1.77. The van der Waals surface area contributed by atoms with Gasteiger partial charge in [-0.3, -0.25) is 9.78 Å². The van der Waals surface area contributed by atoms with Crippen LogP contribution >= 0.6 is 11.3 Å². The van der Waals surface area contributed by atoms with Crippen LogP contribution in [0.2, 0.25) is 0 Å². The second-order valence-corrected chi connectivity index (χ2v) is 6.81. The highest BCUT2D eigenvalue weighted by Crippen LogP contribution is 2.29. The molecule has 3 heterocycles. The van der Waals surface area contributed by atoms with Gasteiger partial charge in [-0.1, -0.05) is 0 Å². The van der Waals surface area contributed by atoms with E-state index < -0.39 is 0 Å². The van der Waals surface area contributed by atoms with E-state index in [-0.39, 0.29) is 5.91 Å². The number of amides is 1. The molecule has 1 saturated heterocycles. The van der Waals surface area contributed by atoms with E-state index in [0.717, 1.165) is 36.5 Å². The smallest absolute Gasteiger partial charge is 0.254 e. The van der Waals surface area contributed by atoms with Gasteiger partial charge in [0.2, 0.25) is 0 Å². The zero-order valence-electron chi connectivity index (χ0n) is 13.2. The number of thiophene rings is 1. The van der Waals surface area contributed by atoms with Gasteiger partial charge in [-0.15, -0.1) is 0 Å². The van der Waals surface area contributed by atoms with Gasteiger partial charge in [0, 0.05) is 55.6 Å². The van der Waals surface area contributed by atoms with Gasteiger partial charge in [0.15, 0.2) is 0 Å². The maximum absolute atomic E-state index is 12.4. The third-order valence-electron chi connectivity index (χ3n) is 4.14. The molecule has 0 aromatic carbocycles. The highest BCUT2D eigenvalue weighted by atomic mass is 32.1. The first kappa shape index (κ1) is 15.0. The van der Waals surface area contributed by atoms with Crippen molar-refractivity contribution in [2.45, 2.75) is 19.3 Å². The maximum Gasteiger partial charge on any atom is 0.254 e. The number of nitrogens with zero attached hydrogens (tertiary/aromatic N) is 3. The minimum absolute atomic E-state index is 0.143. The number of pyridine rings is 1. The number of aromatic nitrogens is 1. The molecule has 22 heavy (non-hydrogen) atoms. The van der Waals surface area contributed by atoms with Gasteiger partial charge in [-0.2, -0.15) is 11.3 Å². The zero-order chi connectivity index (χ0) is 15.7. The summed E-state index contributed by atoms with van der Waals surface area (Å²) in [6.07, 6.45) is 0.985. The van der Waals surface area contributed by atoms with Crippen LogP contribution in [-0.2, 0) is 0 Å². The molecule has 0 spiro atoms. The van der Waals surface area contributed by atoms with Crippen LogP contribution in [0.4, 0.5) is 5.69 Å². The third-order valence-corrected chi connectivity index (χ3v) is 4.82. The van der Waals surface area contributed by atoms with E-state index in [2.05, 4.69) is 17.0 Å². The van der Waals surface area contributed by atoms with Crippen molar-refractivity contribution in [3.63, 3.8) is 0 Å². The third kappa shape index (κ3) is 2.99. The Morgan fingerprint density at radius 3 is 2.91 bits per heavy atom. The fraction of sp³-hybridized carbons (Fsp3) is 0.412. The number of hydrogen-bond acceptors (Lipinski definition) is 4. The summed E-state index contributed by atoms with van der Waals surface area (Å²) >= 11 is 1.57. The predicted molar refractivity (Wildman–Crippen MR) is 90.9 cm³/mol. The lowest BCUT2D eigenvalue weighted by Crippen LogP contribution is -2.28. The van der Waals surface area contributed by atoms with Crippen LogP contribution in [0.3, 0.4) is 0 Å². The Morgan fingerprint density at radius 2 is 2.23 bits per heavy atom. The Bertz CT molecular complexity index is 667. The quantitative estimate of drug-likeness (QED) is 0.873. The molecule has 5 heteroatoms. The molecular weight excluding hydrogens is 294 g/mol. The summed E-state index contributed by atoms with van der Waals surface area (Å²) in [5, 5.41) is 3.87. The molecule has 116 valence electrons. The molecule has 2 aromatic rings. The monoisotopic (exact) mass is 315 g/mol. The van der Waals surface area contributed by atoms with Crippen LogP contribution in [-0.4, -0.2) is 43.0 Å². The molecule has 0 saturated carbocycles. The molecule has 3 rings (SSSR count). The van der Waals surface area contributed by atoms with Crippen molar-refractivity contribution in [2.24, 2.45) is 0 Å². The van der Waals surface area contributed by atoms with Gasteiger partial charge >= 0.3 is 0 Å². The molecule has 0 unspecified atom stereocenters. The second-order valence-electron chi connectivity index (χ2n) is 6.03. The molecule has 1 atom stereocenters. The Morgan fingerprint density at radius 1 is 1.41 bits per heavy atom. The molecular formula is C17H21N3OS. The van der Waals surface area contributed by atoms with E-state index in [0.29, 0.717) is 5.92 Å². The van der Waals surface area contributed by atoms with E-state index >= 15 is 0 Å². The van der Waals surface area contributed by atoms with Crippen LogP contribution in [0.1, 0.15) is 34.1 Å². The van der Waals surface area contributed by atoms with Crippen LogP contribution in [0.25, 0.3) is 0 Å². The summed E-state index contributed by atoms with van der Waals surface area (Å²) in [5.74, 6) is 0.477. The molecule has 4 nitrogen and oxygen atoms in total. The first-order valence-corrected chi connectivity index (χ1v) is 8.46. The summed E-state index contributed by atoms with van der Waals surface area (Å²) in [6, 6.07) is 6.14. The van der Waals surface area contributed by atoms with E-state index in [4.69, 9.17) is 4.98 Å². The topological polar surface area (TPSA) is 36.4 Å². The standard InChI is InChI=1S/C17H21N3OS/c1-12-8-15(19(2)3)9-16(18-12)13-4-6-20(10-13)17(21)14-5-7-22-11-14/h5,7-9,11,13H,4,6,10H2,1-3H3/t13-/m0/s1. The molecule has 0 aliphatic carbocycles. The average molecular weight is 315 g/mol. The highest BCUT2D eigenvalue weighted by Gasteiger charge is 2.29. The fourth-order valence-corrected chi connectivity index (χ4v) is 3.53. The fourth-order valence-electron chi connectivity index (χ4n) is 2.90. The van der Waals surface area contributed by atoms with Gasteiger partial charge in [0.05, 0.1) is 5.56 Å². The molecule has 0 radical (unpaired) electrons. The SMILES string of the molecule is Cc1cc(N(C)C)cc([C@H]2CCN(C(=O)c3ccsc3)C2)n1. The van der Waals surface area contributed by atoms with Crippen molar-refractivity contribution in [2.75, 3.05) is 32.1 Å². The summed E-state index contributed by atoms with van der Waals surface area (Å²) in [5.41, 5.74) is 4.11. The number of hydrogen-bond donors (Lipinski definition) is 0. The summed E-state index contributed by atoms with van der Waals surface area (Å²) in [4.78, 5) is 21.2. The van der Waals surface area contributed by atoms with E-state index in [1.165, 1.54) is 5.69 Å². The van der Waals surface area contributed by atoms with Crippen molar-refractivity contribution in [1.29, 1.82) is 0 Å². The van der Waals surface area contributed by atoms with Crippen LogP contribution in [0.15, 0.2) is 29.0 Å². The van der Waals surface area contributed by atoms with Crippen LogP contribution in [0, 0.1) is 6.92 Å². The zero-order valence-corrected chi connectivity index (χ0v) is 14.1. The molecule has 0 N–H and O–H groups in total. The van der Waals surface area contributed by atoms with Crippen LogP contribution < -0.4 is 4.90 Å². The molecule has 1 amide bonds. The van der Waals surface area contributed by atoms with E-state index in [1.807, 2.05) is 42.7 Å². The minimum Gasteiger partial charge on any atom is -0.378 e. The van der Waals surface area contributed by atoms with Crippen molar-refractivity contribution in [3.05, 3.63) is 45.9 Å². The number of anilines is 1. The van der Waals surface area contributed by atoms with Crippen LogP contribution in [0.5, 0.6) is 0 Å². The van der Waals surface area contributed by atoms with Gasteiger partial charge in [-0.25, -0.2) is 0 Å². The number of likely N-dealkylation sites (tertiary alicyclic amines) is 1. The number of rotatable bonds is 3. The Kier molecular flexibility index (Phi) is 4.16. The van der Waals surface area contributed by atoms with Crippen molar-refractivity contribution < 1.29 is 4.79 Å². The van der Waals surface area contributed by atoms with Crippen molar-refractivity contribution in [3.8, 4) is 0 Å². The lowest BCUT2D eigenvalue weighted by atomic mass is 10.0. The Hall–Kier alpha value is -1.88. The minimum atomic E-state index is 0.143. The lowest BCUT2D eigenvalue weighted by molar-refractivity contribution is 0.0791. The molecule has 0 bridgehead atoms. The van der Waals surface area contributed by atoms with Gasteiger partial charge in [0.1, 0.15) is 0 Å². The van der Waals surface area contributed by atoms with Crippen molar-refractivity contribution >= 4 is 22.9 Å². The number of carbonyl (C=O) groups is 1. The average Bonchev–Trinajstić information content (AvgIpc) is 3.17. The molecule has 2 aromatic heterocycles.